The summed E-state index contributed by atoms with van der Waals surface area (Å²) in [5, 5.41) is 21.9. The molecule has 0 aromatic rings. The summed E-state index contributed by atoms with van der Waals surface area (Å²) in [5.41, 5.74) is -0.275. The predicted octanol–water partition coefficient (Wildman–Crippen LogP) is 2.71. The largest absolute Gasteiger partial charge is 0.388 e. The van der Waals surface area contributed by atoms with Gasteiger partial charge in [-0.1, -0.05) is 19.8 Å². The highest BCUT2D eigenvalue weighted by atomic mass is 16.3. The number of aliphatic hydroxyl groups is 2. The first-order valence-electron chi connectivity index (χ1n) is 9.45. The summed E-state index contributed by atoms with van der Waals surface area (Å²) in [6.07, 6.45) is 12.0. The Bertz CT molecular complexity index is 644. The van der Waals surface area contributed by atoms with E-state index in [1.54, 1.807) is 6.08 Å². The Morgan fingerprint density at radius 1 is 1.29 bits per heavy atom. The maximum Gasteiger partial charge on any atom is 0.155 e. The zero-order chi connectivity index (χ0) is 17.3. The van der Waals surface area contributed by atoms with Crippen molar-refractivity contribution in [1.82, 2.24) is 0 Å². The Morgan fingerprint density at radius 2 is 2.04 bits per heavy atom. The Balaban J connectivity index is 1.74. The molecular formula is C21H28O3. The third-order valence-corrected chi connectivity index (χ3v) is 8.20. The predicted molar refractivity (Wildman–Crippen MR) is 91.8 cm³/mol. The van der Waals surface area contributed by atoms with Crippen molar-refractivity contribution in [3.63, 3.8) is 0 Å². The van der Waals surface area contributed by atoms with Gasteiger partial charge in [0.15, 0.2) is 5.78 Å². The summed E-state index contributed by atoms with van der Waals surface area (Å²) in [5.74, 6) is 4.58. The van der Waals surface area contributed by atoms with E-state index in [0.717, 1.165) is 31.3 Å². The fourth-order valence-electron chi connectivity index (χ4n) is 6.81. The van der Waals surface area contributed by atoms with E-state index in [1.165, 1.54) is 0 Å². The van der Waals surface area contributed by atoms with Gasteiger partial charge < -0.3 is 10.2 Å². The number of carbonyl (C=O) groups is 1. The van der Waals surface area contributed by atoms with Gasteiger partial charge in [-0.2, -0.15) is 0 Å². The Hall–Kier alpha value is -1.11. The van der Waals surface area contributed by atoms with Crippen LogP contribution in [0.15, 0.2) is 11.6 Å². The van der Waals surface area contributed by atoms with Gasteiger partial charge in [-0.15, -0.1) is 6.42 Å². The lowest BCUT2D eigenvalue weighted by Crippen LogP contribution is -2.56. The number of fused-ring (bicyclic) bond motifs is 5. The highest BCUT2D eigenvalue weighted by molar-refractivity contribution is 5.91. The first kappa shape index (κ1) is 16.4. The zero-order valence-electron chi connectivity index (χ0n) is 14.7. The number of rotatable bonds is 0. The number of aliphatic hydroxyl groups excluding tert-OH is 1. The Kier molecular flexibility index (Phi) is 3.54. The molecule has 3 heteroatoms. The molecule has 2 N–H and O–H groups in total. The van der Waals surface area contributed by atoms with Crippen molar-refractivity contribution in [2.45, 2.75) is 64.1 Å². The molecule has 4 rings (SSSR count). The topological polar surface area (TPSA) is 57.5 Å². The molecule has 3 saturated carbocycles. The van der Waals surface area contributed by atoms with Crippen LogP contribution in [0.25, 0.3) is 0 Å². The van der Waals surface area contributed by atoms with Crippen molar-refractivity contribution in [2.75, 3.05) is 0 Å². The van der Waals surface area contributed by atoms with E-state index in [-0.39, 0.29) is 17.1 Å². The Labute approximate surface area is 144 Å². The highest BCUT2D eigenvalue weighted by Crippen LogP contribution is 2.65. The number of carbonyl (C=O) groups excluding carboxylic acids is 1. The number of hydrogen-bond donors (Lipinski definition) is 2. The zero-order valence-corrected chi connectivity index (χ0v) is 14.7. The second-order valence-electron chi connectivity index (χ2n) is 8.91. The second kappa shape index (κ2) is 5.19. The standard InChI is InChI=1S/C21H28O3/c1-4-21(24)10-8-17-18-12(2)19(23)16-11-13(22)5-6-14(16)15(18)7-9-20(17,21)3/h1,11-12,14-15,17-19,23-24H,5-10H2,2-3H3/t12-,14+,15+,17-,18+,19+,20-,21-/m0/s1. The van der Waals surface area contributed by atoms with Gasteiger partial charge >= 0.3 is 0 Å². The fraction of sp³-hybridized carbons (Fsp3) is 0.762. The maximum atomic E-state index is 11.8. The molecule has 0 radical (unpaired) electrons. The van der Waals surface area contributed by atoms with Crippen molar-refractivity contribution in [1.29, 1.82) is 0 Å². The van der Waals surface area contributed by atoms with Gasteiger partial charge in [0.25, 0.3) is 0 Å². The molecular weight excluding hydrogens is 300 g/mol. The van der Waals surface area contributed by atoms with Gasteiger partial charge in [0.2, 0.25) is 0 Å². The minimum Gasteiger partial charge on any atom is -0.388 e. The molecule has 0 unspecified atom stereocenters. The van der Waals surface area contributed by atoms with Crippen LogP contribution in [0, 0.1) is 47.3 Å². The van der Waals surface area contributed by atoms with Crippen molar-refractivity contribution >= 4 is 5.78 Å². The molecule has 4 aliphatic rings. The molecule has 0 aromatic carbocycles. The normalized spacial score (nSPS) is 53.5. The first-order valence-corrected chi connectivity index (χ1v) is 9.45. The van der Waals surface area contributed by atoms with Crippen LogP contribution >= 0.6 is 0 Å². The average molecular weight is 328 g/mol. The van der Waals surface area contributed by atoms with E-state index in [1.807, 2.05) is 0 Å². The van der Waals surface area contributed by atoms with Crippen LogP contribution in [0.4, 0.5) is 0 Å². The van der Waals surface area contributed by atoms with Crippen molar-refractivity contribution in [3.8, 4) is 12.3 Å². The van der Waals surface area contributed by atoms with Gasteiger partial charge in [0, 0.05) is 11.8 Å². The van der Waals surface area contributed by atoms with Gasteiger partial charge in [-0.3, -0.25) is 4.79 Å². The summed E-state index contributed by atoms with van der Waals surface area (Å²) in [4.78, 5) is 11.8. The molecule has 0 spiro atoms. The van der Waals surface area contributed by atoms with Gasteiger partial charge in [-0.05, 0) is 73.3 Å². The number of ketones is 1. The van der Waals surface area contributed by atoms with E-state index in [2.05, 4.69) is 19.8 Å². The quantitative estimate of drug-likeness (QED) is 0.672. The van der Waals surface area contributed by atoms with E-state index in [9.17, 15) is 15.0 Å². The molecule has 4 aliphatic carbocycles. The third-order valence-electron chi connectivity index (χ3n) is 8.20. The lowest BCUT2D eigenvalue weighted by molar-refractivity contribution is -0.123. The van der Waals surface area contributed by atoms with Crippen molar-refractivity contribution < 1.29 is 15.0 Å². The summed E-state index contributed by atoms with van der Waals surface area (Å²) in [7, 11) is 0. The van der Waals surface area contributed by atoms with Crippen molar-refractivity contribution in [2.24, 2.45) is 35.0 Å². The fourth-order valence-corrected chi connectivity index (χ4v) is 6.81. The van der Waals surface area contributed by atoms with E-state index in [4.69, 9.17) is 6.42 Å². The van der Waals surface area contributed by atoms with Crippen LogP contribution in [-0.4, -0.2) is 27.7 Å². The van der Waals surface area contributed by atoms with Crippen LogP contribution < -0.4 is 0 Å². The van der Waals surface area contributed by atoms with E-state index in [0.29, 0.717) is 36.5 Å². The Morgan fingerprint density at radius 3 is 2.75 bits per heavy atom. The number of hydrogen-bond acceptors (Lipinski definition) is 3. The lowest BCUT2D eigenvalue weighted by atomic mass is 9.48. The van der Waals surface area contributed by atoms with Crippen LogP contribution in [0.2, 0.25) is 0 Å². The van der Waals surface area contributed by atoms with Gasteiger partial charge in [0.05, 0.1) is 6.10 Å². The molecule has 0 bridgehead atoms. The van der Waals surface area contributed by atoms with Crippen LogP contribution in [0.3, 0.4) is 0 Å². The summed E-state index contributed by atoms with van der Waals surface area (Å²) >= 11 is 0. The molecule has 24 heavy (non-hydrogen) atoms. The SMILES string of the molecule is C#C[C@]1(O)CC[C@H]2[C@@H]3[C@H](C)[C@@H](O)C4=CC(=O)CC[C@@H]4[C@H]3CC[C@@]21C. The molecule has 3 fully saturated rings. The minimum atomic E-state index is -1.01. The van der Waals surface area contributed by atoms with Gasteiger partial charge in [0.1, 0.15) is 5.60 Å². The monoisotopic (exact) mass is 328 g/mol. The smallest absolute Gasteiger partial charge is 0.155 e. The molecule has 8 atom stereocenters. The second-order valence-corrected chi connectivity index (χ2v) is 8.91. The summed E-state index contributed by atoms with van der Waals surface area (Å²) in [6, 6.07) is 0. The van der Waals surface area contributed by atoms with Crippen LogP contribution in [0.1, 0.15) is 52.4 Å². The molecule has 0 aromatic heterocycles. The summed E-state index contributed by atoms with van der Waals surface area (Å²) < 4.78 is 0. The van der Waals surface area contributed by atoms with Crippen LogP contribution in [0.5, 0.6) is 0 Å². The molecule has 0 aliphatic heterocycles. The summed E-state index contributed by atoms with van der Waals surface area (Å²) in [6.45, 7) is 4.28. The van der Waals surface area contributed by atoms with Gasteiger partial charge in [-0.25, -0.2) is 0 Å². The molecule has 3 nitrogen and oxygen atoms in total. The van der Waals surface area contributed by atoms with Crippen molar-refractivity contribution in [3.05, 3.63) is 11.6 Å². The highest BCUT2D eigenvalue weighted by Gasteiger charge is 2.64. The van der Waals surface area contributed by atoms with E-state index >= 15 is 0 Å². The van der Waals surface area contributed by atoms with E-state index < -0.39 is 11.7 Å². The molecule has 0 amide bonds. The number of terminal acetylenes is 1. The van der Waals surface area contributed by atoms with Crippen LogP contribution in [-0.2, 0) is 4.79 Å². The first-order chi connectivity index (χ1) is 11.3. The third kappa shape index (κ3) is 1.90. The molecule has 0 heterocycles. The average Bonchev–Trinajstić information content (AvgIpc) is 2.84. The molecule has 130 valence electrons. The maximum absolute atomic E-state index is 11.8. The minimum absolute atomic E-state index is 0.119. The molecule has 0 saturated heterocycles. The lowest BCUT2D eigenvalue weighted by Gasteiger charge is -2.57.